The minimum atomic E-state index is -0.318. The van der Waals surface area contributed by atoms with Crippen LogP contribution < -0.4 is 11.5 Å². The Morgan fingerprint density at radius 2 is 2.21 bits per heavy atom. The van der Waals surface area contributed by atoms with Crippen LogP contribution in [0.3, 0.4) is 0 Å². The van der Waals surface area contributed by atoms with Crippen molar-refractivity contribution in [3.8, 4) is 0 Å². The number of nitrogens with two attached hydrogens (primary N) is 2. The molecule has 0 aromatic rings. The van der Waals surface area contributed by atoms with E-state index < -0.39 is 0 Å². The van der Waals surface area contributed by atoms with Crippen molar-refractivity contribution < 1.29 is 9.90 Å². The number of carbonyl (C=O) groups is 1. The first-order valence-corrected chi connectivity index (χ1v) is 4.99. The molecule has 5 nitrogen and oxygen atoms in total. The number of likely N-dealkylation sites (tertiary alicyclic amines) is 1. The Morgan fingerprint density at radius 3 is 2.79 bits per heavy atom. The summed E-state index contributed by atoms with van der Waals surface area (Å²) in [7, 11) is 0. The van der Waals surface area contributed by atoms with Crippen molar-refractivity contribution in [2.24, 2.45) is 17.4 Å². The highest BCUT2D eigenvalue weighted by Gasteiger charge is 2.25. The van der Waals surface area contributed by atoms with Gasteiger partial charge in [0, 0.05) is 25.7 Å². The molecule has 0 spiro atoms. The SMILES string of the molecule is NC(=O)CN1CC(N)CC(CCO)C1. The fraction of sp³-hybridized carbons (Fsp3) is 0.889. The van der Waals surface area contributed by atoms with E-state index in [1.165, 1.54) is 0 Å². The molecule has 1 aliphatic rings. The normalized spacial score (nSPS) is 29.0. The largest absolute Gasteiger partial charge is 0.396 e. The van der Waals surface area contributed by atoms with E-state index in [0.717, 1.165) is 25.9 Å². The lowest BCUT2D eigenvalue weighted by Gasteiger charge is -2.35. The summed E-state index contributed by atoms with van der Waals surface area (Å²) in [5, 5.41) is 8.82. The molecule has 82 valence electrons. The number of aliphatic hydroxyl groups is 1. The Kier molecular flexibility index (Phi) is 4.31. The van der Waals surface area contributed by atoms with E-state index in [1.54, 1.807) is 0 Å². The molecule has 1 fully saturated rings. The van der Waals surface area contributed by atoms with Crippen LogP contribution in [0, 0.1) is 5.92 Å². The molecular weight excluding hydrogens is 182 g/mol. The third-order valence-electron chi connectivity index (χ3n) is 2.56. The van der Waals surface area contributed by atoms with Gasteiger partial charge in [0.05, 0.1) is 6.54 Å². The maximum Gasteiger partial charge on any atom is 0.231 e. The molecular formula is C9H19N3O2. The summed E-state index contributed by atoms with van der Waals surface area (Å²) in [4.78, 5) is 12.7. The number of carbonyl (C=O) groups excluding carboxylic acids is 1. The molecule has 0 aromatic carbocycles. The summed E-state index contributed by atoms with van der Waals surface area (Å²) >= 11 is 0. The van der Waals surface area contributed by atoms with Crippen molar-refractivity contribution in [1.29, 1.82) is 0 Å². The molecule has 2 unspecified atom stereocenters. The zero-order valence-corrected chi connectivity index (χ0v) is 8.35. The second-order valence-corrected chi connectivity index (χ2v) is 4.03. The van der Waals surface area contributed by atoms with Gasteiger partial charge in [0.15, 0.2) is 0 Å². The lowest BCUT2D eigenvalue weighted by Crippen LogP contribution is -2.49. The molecule has 0 radical (unpaired) electrons. The Hall–Kier alpha value is -0.650. The zero-order valence-electron chi connectivity index (χ0n) is 8.35. The Morgan fingerprint density at radius 1 is 1.50 bits per heavy atom. The van der Waals surface area contributed by atoms with E-state index in [0.29, 0.717) is 5.92 Å². The van der Waals surface area contributed by atoms with Crippen molar-refractivity contribution in [1.82, 2.24) is 4.90 Å². The number of hydrogen-bond acceptors (Lipinski definition) is 4. The maximum absolute atomic E-state index is 10.7. The highest BCUT2D eigenvalue weighted by atomic mass is 16.3. The van der Waals surface area contributed by atoms with E-state index in [9.17, 15) is 4.79 Å². The molecule has 2 atom stereocenters. The smallest absolute Gasteiger partial charge is 0.231 e. The van der Waals surface area contributed by atoms with Gasteiger partial charge in [0.2, 0.25) is 5.91 Å². The van der Waals surface area contributed by atoms with Gasteiger partial charge in [0.25, 0.3) is 0 Å². The number of piperidine rings is 1. The standard InChI is InChI=1S/C9H19N3O2/c10-8-3-7(1-2-13)4-12(5-8)6-9(11)14/h7-8,13H,1-6,10H2,(H2,11,14). The van der Waals surface area contributed by atoms with E-state index in [1.807, 2.05) is 4.90 Å². The molecule has 0 saturated carbocycles. The van der Waals surface area contributed by atoms with E-state index in [4.69, 9.17) is 16.6 Å². The summed E-state index contributed by atoms with van der Waals surface area (Å²) in [6, 6.07) is 0.0969. The van der Waals surface area contributed by atoms with Crippen molar-refractivity contribution in [2.45, 2.75) is 18.9 Å². The number of rotatable bonds is 4. The van der Waals surface area contributed by atoms with E-state index in [2.05, 4.69) is 0 Å². The minimum Gasteiger partial charge on any atom is -0.396 e. The molecule has 5 heteroatoms. The van der Waals surface area contributed by atoms with Crippen LogP contribution in [0.25, 0.3) is 0 Å². The van der Waals surface area contributed by atoms with Crippen LogP contribution in [-0.4, -0.2) is 48.2 Å². The topological polar surface area (TPSA) is 92.6 Å². The molecule has 1 aliphatic heterocycles. The fourth-order valence-corrected chi connectivity index (χ4v) is 2.09. The van der Waals surface area contributed by atoms with Crippen molar-refractivity contribution >= 4 is 5.91 Å². The van der Waals surface area contributed by atoms with Gasteiger partial charge in [-0.15, -0.1) is 0 Å². The van der Waals surface area contributed by atoms with Crippen LogP contribution in [0.1, 0.15) is 12.8 Å². The summed E-state index contributed by atoms with van der Waals surface area (Å²) < 4.78 is 0. The second kappa shape index (κ2) is 5.29. The molecule has 0 aliphatic carbocycles. The van der Waals surface area contributed by atoms with Crippen LogP contribution in [0.4, 0.5) is 0 Å². The van der Waals surface area contributed by atoms with Crippen LogP contribution in [0.5, 0.6) is 0 Å². The first kappa shape index (κ1) is 11.4. The number of nitrogens with zero attached hydrogens (tertiary/aromatic N) is 1. The predicted octanol–water partition coefficient (Wildman–Crippen LogP) is -1.50. The van der Waals surface area contributed by atoms with Gasteiger partial charge in [-0.05, 0) is 18.8 Å². The van der Waals surface area contributed by atoms with Gasteiger partial charge in [-0.25, -0.2) is 0 Å². The third-order valence-corrected chi connectivity index (χ3v) is 2.56. The van der Waals surface area contributed by atoms with Gasteiger partial charge in [0.1, 0.15) is 0 Å². The number of hydrogen-bond donors (Lipinski definition) is 3. The van der Waals surface area contributed by atoms with Gasteiger partial charge >= 0.3 is 0 Å². The molecule has 1 rings (SSSR count). The quantitative estimate of drug-likeness (QED) is 0.516. The van der Waals surface area contributed by atoms with E-state index in [-0.39, 0.29) is 25.1 Å². The van der Waals surface area contributed by atoms with Crippen LogP contribution >= 0.6 is 0 Å². The third kappa shape index (κ3) is 3.61. The molecule has 1 amide bonds. The highest BCUT2D eigenvalue weighted by Crippen LogP contribution is 2.18. The second-order valence-electron chi connectivity index (χ2n) is 4.03. The highest BCUT2D eigenvalue weighted by molar-refractivity contribution is 5.75. The first-order chi connectivity index (χ1) is 6.61. The monoisotopic (exact) mass is 201 g/mol. The Labute approximate surface area is 84.0 Å². The molecule has 14 heavy (non-hydrogen) atoms. The van der Waals surface area contributed by atoms with Crippen molar-refractivity contribution in [3.05, 3.63) is 0 Å². The average molecular weight is 201 g/mol. The molecule has 0 aromatic heterocycles. The minimum absolute atomic E-state index is 0.0969. The van der Waals surface area contributed by atoms with Crippen LogP contribution in [0.2, 0.25) is 0 Å². The fourth-order valence-electron chi connectivity index (χ4n) is 2.09. The molecule has 1 saturated heterocycles. The summed E-state index contributed by atoms with van der Waals surface area (Å²) in [6.45, 7) is 2.00. The van der Waals surface area contributed by atoms with Crippen molar-refractivity contribution in [3.63, 3.8) is 0 Å². The summed E-state index contributed by atoms with van der Waals surface area (Å²) in [6.07, 6.45) is 1.68. The molecule has 1 heterocycles. The number of amides is 1. The van der Waals surface area contributed by atoms with Crippen molar-refractivity contribution in [2.75, 3.05) is 26.2 Å². The molecule has 5 N–H and O–H groups in total. The van der Waals surface area contributed by atoms with Gasteiger partial charge in [-0.1, -0.05) is 0 Å². The van der Waals surface area contributed by atoms with Crippen LogP contribution in [-0.2, 0) is 4.79 Å². The Bertz CT molecular complexity index is 198. The summed E-state index contributed by atoms with van der Waals surface area (Å²) in [5.41, 5.74) is 11.0. The lowest BCUT2D eigenvalue weighted by atomic mass is 9.92. The Balaban J connectivity index is 2.41. The van der Waals surface area contributed by atoms with E-state index >= 15 is 0 Å². The number of primary amides is 1. The van der Waals surface area contributed by atoms with Gasteiger partial charge < -0.3 is 16.6 Å². The van der Waals surface area contributed by atoms with Crippen LogP contribution in [0.15, 0.2) is 0 Å². The maximum atomic E-state index is 10.7. The lowest BCUT2D eigenvalue weighted by molar-refractivity contribution is -0.119. The zero-order chi connectivity index (χ0) is 10.6. The average Bonchev–Trinajstić information content (AvgIpc) is 2.01. The van der Waals surface area contributed by atoms with Gasteiger partial charge in [-0.3, -0.25) is 9.69 Å². The first-order valence-electron chi connectivity index (χ1n) is 4.99. The number of aliphatic hydroxyl groups excluding tert-OH is 1. The summed E-state index contributed by atoms with van der Waals surface area (Å²) in [5.74, 6) is 0.0740. The predicted molar refractivity (Wildman–Crippen MR) is 53.4 cm³/mol. The van der Waals surface area contributed by atoms with Gasteiger partial charge in [-0.2, -0.15) is 0 Å². The molecule has 0 bridgehead atoms.